The van der Waals surface area contributed by atoms with Crippen LogP contribution in [0.4, 0.5) is 10.3 Å². The van der Waals surface area contributed by atoms with Crippen LogP contribution in [0.15, 0.2) is 15.9 Å². The van der Waals surface area contributed by atoms with E-state index in [0.29, 0.717) is 27.4 Å². The maximum atomic E-state index is 12.2. The van der Waals surface area contributed by atoms with Crippen LogP contribution < -0.4 is 10.6 Å². The van der Waals surface area contributed by atoms with Gasteiger partial charge in [0.25, 0.3) is 0 Å². The number of nitrogens with zero attached hydrogens (tertiary/aromatic N) is 3. The van der Waals surface area contributed by atoms with E-state index >= 15 is 0 Å². The molecule has 22 heavy (non-hydrogen) atoms. The summed E-state index contributed by atoms with van der Waals surface area (Å²) < 4.78 is 0.646. The van der Waals surface area contributed by atoms with Crippen LogP contribution in [0.5, 0.6) is 0 Å². The lowest BCUT2D eigenvalue weighted by molar-refractivity contribution is -0.116. The molecule has 1 atom stereocenters. The third kappa shape index (κ3) is 4.75. The van der Waals surface area contributed by atoms with Gasteiger partial charge in [-0.3, -0.25) is 9.59 Å². The van der Waals surface area contributed by atoms with E-state index in [1.165, 1.54) is 34.4 Å². The fourth-order valence-corrected chi connectivity index (χ4v) is 3.90. The van der Waals surface area contributed by atoms with Crippen molar-refractivity contribution in [2.24, 2.45) is 0 Å². The Bertz CT molecular complexity index is 629. The summed E-state index contributed by atoms with van der Waals surface area (Å²) in [5, 5.41) is 15.9. The summed E-state index contributed by atoms with van der Waals surface area (Å²) >= 11 is 3.97. The molecule has 0 saturated heterocycles. The number of rotatable bonds is 7. The zero-order chi connectivity index (χ0) is 15.9. The van der Waals surface area contributed by atoms with Crippen LogP contribution in [0.3, 0.4) is 0 Å². The molecule has 0 aromatic carbocycles. The van der Waals surface area contributed by atoms with Gasteiger partial charge < -0.3 is 10.6 Å². The Kier molecular flexibility index (Phi) is 6.28. The van der Waals surface area contributed by atoms with Crippen molar-refractivity contribution in [3.8, 4) is 0 Å². The number of thioether (sulfide) groups is 1. The molecule has 0 unspecified atom stereocenters. The number of nitrogens with one attached hydrogen (secondary N) is 2. The third-order valence-corrected chi connectivity index (χ3v) is 5.52. The Morgan fingerprint density at radius 3 is 2.73 bits per heavy atom. The first-order valence-corrected chi connectivity index (χ1v) is 9.20. The number of anilines is 2. The predicted octanol–water partition coefficient (Wildman–Crippen LogP) is 2.85. The van der Waals surface area contributed by atoms with Gasteiger partial charge in [0.2, 0.25) is 16.9 Å². The van der Waals surface area contributed by atoms with E-state index in [1.807, 2.05) is 6.92 Å². The van der Waals surface area contributed by atoms with Gasteiger partial charge in [0.1, 0.15) is 0 Å². The van der Waals surface area contributed by atoms with Gasteiger partial charge in [-0.15, -0.1) is 21.5 Å². The molecule has 0 bridgehead atoms. The predicted molar refractivity (Wildman–Crippen MR) is 89.5 cm³/mol. The minimum atomic E-state index is -0.286. The first-order valence-electron chi connectivity index (χ1n) is 6.62. The Balaban J connectivity index is 1.95. The van der Waals surface area contributed by atoms with Gasteiger partial charge >= 0.3 is 0 Å². The molecular weight excluding hydrogens is 342 g/mol. The van der Waals surface area contributed by atoms with Gasteiger partial charge in [-0.1, -0.05) is 36.9 Å². The summed E-state index contributed by atoms with van der Waals surface area (Å²) in [6, 6.07) is 0. The highest BCUT2D eigenvalue weighted by molar-refractivity contribution is 8.02. The van der Waals surface area contributed by atoms with Crippen molar-refractivity contribution < 1.29 is 9.59 Å². The summed E-state index contributed by atoms with van der Waals surface area (Å²) in [5.41, 5.74) is 0. The molecular formula is C12H15N5O2S3. The Morgan fingerprint density at radius 1 is 1.27 bits per heavy atom. The van der Waals surface area contributed by atoms with Gasteiger partial charge in [0.05, 0.1) is 5.25 Å². The molecule has 0 fully saturated rings. The van der Waals surface area contributed by atoms with E-state index in [2.05, 4.69) is 25.8 Å². The molecule has 2 amide bonds. The largest absolute Gasteiger partial charge is 0.301 e. The van der Waals surface area contributed by atoms with Gasteiger partial charge in [-0.2, -0.15) is 0 Å². The molecule has 2 aromatic heterocycles. The second-order valence-corrected chi connectivity index (χ2v) is 7.44. The number of aromatic nitrogens is 3. The number of hydrogen-bond donors (Lipinski definition) is 2. The van der Waals surface area contributed by atoms with Crippen molar-refractivity contribution in [1.29, 1.82) is 0 Å². The summed E-state index contributed by atoms with van der Waals surface area (Å²) in [6.07, 6.45) is 2.68. The summed E-state index contributed by atoms with van der Waals surface area (Å²) in [6.45, 7) is 3.70. The SMILES string of the molecule is CCC(=O)Nc1nnc(S[C@H](CC)C(=O)Nc2nccs2)s1. The number of hydrogen-bond acceptors (Lipinski definition) is 8. The molecule has 0 spiro atoms. The molecule has 2 heterocycles. The molecule has 2 N–H and O–H groups in total. The minimum absolute atomic E-state index is 0.110. The monoisotopic (exact) mass is 357 g/mol. The highest BCUT2D eigenvalue weighted by Gasteiger charge is 2.21. The standard InChI is InChI=1S/C12H15N5O2S3/c1-3-7(9(19)15-10-13-5-6-20-10)21-12-17-16-11(22-12)14-8(18)4-2/h5-7H,3-4H2,1-2H3,(H,13,15,19)(H,14,16,18)/t7-/m1/s1. The van der Waals surface area contributed by atoms with Crippen LogP contribution in [-0.2, 0) is 9.59 Å². The van der Waals surface area contributed by atoms with Gasteiger partial charge in [-0.05, 0) is 6.42 Å². The Hall–Kier alpha value is -1.52. The first kappa shape index (κ1) is 16.8. The van der Waals surface area contributed by atoms with Crippen molar-refractivity contribution in [1.82, 2.24) is 15.2 Å². The van der Waals surface area contributed by atoms with Crippen LogP contribution in [0.2, 0.25) is 0 Å². The number of carbonyl (C=O) groups excluding carboxylic acids is 2. The van der Waals surface area contributed by atoms with E-state index < -0.39 is 0 Å². The average molecular weight is 357 g/mol. The van der Waals surface area contributed by atoms with E-state index in [4.69, 9.17) is 0 Å². The lowest BCUT2D eigenvalue weighted by Gasteiger charge is -2.11. The maximum Gasteiger partial charge on any atom is 0.239 e. The van der Waals surface area contributed by atoms with Crippen LogP contribution in [-0.4, -0.2) is 32.2 Å². The second-order valence-electron chi connectivity index (χ2n) is 4.12. The lowest BCUT2D eigenvalue weighted by atomic mass is 10.3. The average Bonchev–Trinajstić information content (AvgIpc) is 3.16. The van der Waals surface area contributed by atoms with Crippen molar-refractivity contribution in [3.05, 3.63) is 11.6 Å². The van der Waals surface area contributed by atoms with Gasteiger partial charge in [-0.25, -0.2) is 4.98 Å². The molecule has 0 aliphatic rings. The summed E-state index contributed by atoms with van der Waals surface area (Å²) in [4.78, 5) is 27.5. The molecule has 118 valence electrons. The molecule has 2 rings (SSSR count). The first-order chi connectivity index (χ1) is 10.6. The van der Waals surface area contributed by atoms with Crippen LogP contribution in [0.25, 0.3) is 0 Å². The highest BCUT2D eigenvalue weighted by atomic mass is 32.2. The van der Waals surface area contributed by atoms with Crippen molar-refractivity contribution in [2.75, 3.05) is 10.6 Å². The maximum absolute atomic E-state index is 12.2. The molecule has 7 nitrogen and oxygen atoms in total. The molecule has 0 radical (unpaired) electrons. The normalized spacial score (nSPS) is 11.9. The number of amides is 2. The summed E-state index contributed by atoms with van der Waals surface area (Å²) in [7, 11) is 0. The highest BCUT2D eigenvalue weighted by Crippen LogP contribution is 2.31. The molecule has 2 aromatic rings. The van der Waals surface area contributed by atoms with Gasteiger partial charge in [0, 0.05) is 18.0 Å². The Morgan fingerprint density at radius 2 is 2.09 bits per heavy atom. The minimum Gasteiger partial charge on any atom is -0.301 e. The fourth-order valence-electron chi connectivity index (χ4n) is 1.43. The Labute approximate surface area is 139 Å². The van der Waals surface area contributed by atoms with E-state index in [1.54, 1.807) is 18.5 Å². The van der Waals surface area contributed by atoms with Crippen molar-refractivity contribution >= 4 is 56.5 Å². The van der Waals surface area contributed by atoms with Crippen LogP contribution in [0.1, 0.15) is 26.7 Å². The fraction of sp³-hybridized carbons (Fsp3) is 0.417. The van der Waals surface area contributed by atoms with Crippen molar-refractivity contribution in [2.45, 2.75) is 36.3 Å². The molecule has 0 aliphatic carbocycles. The lowest BCUT2D eigenvalue weighted by Crippen LogP contribution is -2.24. The zero-order valence-electron chi connectivity index (χ0n) is 12.0. The smallest absolute Gasteiger partial charge is 0.239 e. The number of carbonyl (C=O) groups is 2. The quantitative estimate of drug-likeness (QED) is 0.584. The molecule has 10 heteroatoms. The van der Waals surface area contributed by atoms with E-state index in [9.17, 15) is 9.59 Å². The topological polar surface area (TPSA) is 96.9 Å². The van der Waals surface area contributed by atoms with E-state index in [-0.39, 0.29) is 17.1 Å². The third-order valence-electron chi connectivity index (χ3n) is 2.54. The van der Waals surface area contributed by atoms with Crippen LogP contribution >= 0.6 is 34.4 Å². The van der Waals surface area contributed by atoms with Gasteiger partial charge in [0.15, 0.2) is 9.47 Å². The molecule has 0 saturated carbocycles. The van der Waals surface area contributed by atoms with Crippen molar-refractivity contribution in [3.63, 3.8) is 0 Å². The second kappa shape index (κ2) is 8.20. The van der Waals surface area contributed by atoms with E-state index in [0.717, 1.165) is 0 Å². The summed E-state index contributed by atoms with van der Waals surface area (Å²) in [5.74, 6) is -0.224. The number of thiazole rings is 1. The molecule has 0 aliphatic heterocycles. The van der Waals surface area contributed by atoms with Crippen LogP contribution in [0, 0.1) is 0 Å². The zero-order valence-corrected chi connectivity index (χ0v) is 14.5.